The van der Waals surface area contributed by atoms with Crippen molar-refractivity contribution in [2.24, 2.45) is 12.5 Å². The molecule has 0 aromatic carbocycles. The number of aliphatic carboxylic acids is 1. The van der Waals surface area contributed by atoms with Crippen LogP contribution >= 0.6 is 0 Å². The number of halogens is 3. The number of carbonyl (C=O) groups excluding carboxylic acids is 1. The first-order valence-electron chi connectivity index (χ1n) is 10.3. The third-order valence-electron chi connectivity index (χ3n) is 5.57. The first-order chi connectivity index (χ1) is 14.4. The zero-order valence-electron chi connectivity index (χ0n) is 18.1. The van der Waals surface area contributed by atoms with Crippen LogP contribution in [0, 0.1) is 5.41 Å². The molecule has 1 aromatic rings. The zero-order chi connectivity index (χ0) is 23.2. The number of piperidine rings is 1. The number of hydrogen-bond donors (Lipinski definition) is 2. The molecule has 2 saturated heterocycles. The molecule has 11 heteroatoms. The van der Waals surface area contributed by atoms with E-state index in [2.05, 4.69) is 21.5 Å². The van der Waals surface area contributed by atoms with Crippen LogP contribution < -0.4 is 5.32 Å². The van der Waals surface area contributed by atoms with Gasteiger partial charge in [0, 0.05) is 31.4 Å². The van der Waals surface area contributed by atoms with Crippen LogP contribution in [0.3, 0.4) is 0 Å². The minimum Gasteiger partial charge on any atom is -0.475 e. The molecular weight excluding hydrogens is 417 g/mol. The van der Waals surface area contributed by atoms with E-state index in [9.17, 15) is 18.0 Å². The molecule has 1 aromatic heterocycles. The first-order valence-corrected chi connectivity index (χ1v) is 10.3. The molecule has 1 atom stereocenters. The van der Waals surface area contributed by atoms with E-state index < -0.39 is 12.1 Å². The Balaban J connectivity index is 0.000000423. The normalized spacial score (nSPS) is 21.5. The van der Waals surface area contributed by atoms with Crippen molar-refractivity contribution in [2.75, 3.05) is 19.7 Å². The smallest absolute Gasteiger partial charge is 0.475 e. The van der Waals surface area contributed by atoms with Gasteiger partial charge in [0.15, 0.2) is 0 Å². The van der Waals surface area contributed by atoms with E-state index in [1.165, 1.54) is 5.56 Å². The topological polar surface area (TPSA) is 96.7 Å². The number of carboxylic acid groups (broad SMARTS) is 1. The fourth-order valence-corrected chi connectivity index (χ4v) is 3.85. The van der Waals surface area contributed by atoms with Crippen LogP contribution in [-0.4, -0.2) is 69.7 Å². The molecule has 2 aliphatic rings. The Morgan fingerprint density at radius 3 is 2.35 bits per heavy atom. The van der Waals surface area contributed by atoms with E-state index in [1.807, 2.05) is 31.8 Å². The van der Waals surface area contributed by atoms with Crippen molar-refractivity contribution < 1.29 is 32.6 Å². The summed E-state index contributed by atoms with van der Waals surface area (Å²) in [6.07, 6.45) is 2.96. The zero-order valence-corrected chi connectivity index (χ0v) is 18.1. The highest BCUT2D eigenvalue weighted by molar-refractivity contribution is 5.81. The Bertz CT molecular complexity index is 733. The number of aromatic nitrogens is 2. The van der Waals surface area contributed by atoms with Crippen molar-refractivity contribution in [2.45, 2.75) is 64.4 Å². The molecule has 3 heterocycles. The van der Waals surface area contributed by atoms with E-state index >= 15 is 0 Å². The molecule has 2 aliphatic heterocycles. The van der Waals surface area contributed by atoms with Gasteiger partial charge in [-0.2, -0.15) is 18.3 Å². The number of likely N-dealkylation sites (tertiary alicyclic amines) is 1. The summed E-state index contributed by atoms with van der Waals surface area (Å²) in [6, 6.07) is 0.174. The van der Waals surface area contributed by atoms with Gasteiger partial charge < -0.3 is 15.2 Å². The van der Waals surface area contributed by atoms with Crippen molar-refractivity contribution in [1.29, 1.82) is 0 Å². The second-order valence-electron chi connectivity index (χ2n) is 8.60. The number of nitrogens with zero attached hydrogens (tertiary/aromatic N) is 3. The number of hydrogen-bond acceptors (Lipinski definition) is 5. The second kappa shape index (κ2) is 10.4. The largest absolute Gasteiger partial charge is 0.490 e. The lowest BCUT2D eigenvalue weighted by atomic mass is 9.73. The van der Waals surface area contributed by atoms with Gasteiger partial charge in [0.1, 0.15) is 6.10 Å². The molecule has 2 N–H and O–H groups in total. The molecule has 1 amide bonds. The predicted octanol–water partition coefficient (Wildman–Crippen LogP) is 2.34. The number of aryl methyl sites for hydroxylation is 1. The second-order valence-corrected chi connectivity index (χ2v) is 8.60. The molecule has 31 heavy (non-hydrogen) atoms. The van der Waals surface area contributed by atoms with E-state index in [4.69, 9.17) is 14.6 Å². The van der Waals surface area contributed by atoms with Crippen LogP contribution in [0.2, 0.25) is 0 Å². The summed E-state index contributed by atoms with van der Waals surface area (Å²) < 4.78 is 39.5. The van der Waals surface area contributed by atoms with Crippen molar-refractivity contribution >= 4 is 11.9 Å². The third kappa shape index (κ3) is 7.80. The van der Waals surface area contributed by atoms with Gasteiger partial charge in [-0.25, -0.2) is 4.79 Å². The maximum absolute atomic E-state index is 12.1. The highest BCUT2D eigenvalue weighted by Crippen LogP contribution is 2.40. The summed E-state index contributed by atoms with van der Waals surface area (Å²) in [5.41, 5.74) is 1.55. The molecule has 0 aliphatic carbocycles. The van der Waals surface area contributed by atoms with Crippen LogP contribution in [0.25, 0.3) is 0 Å². The molecule has 1 unspecified atom stereocenters. The molecule has 2 fully saturated rings. The standard InChI is InChI=1S/C18H30N4O2.C2HF3O2/c1-14(2)20-17(23)16-4-5-18(13-24-16)6-8-22(9-7-18)12-15-10-19-21(3)11-15;3-2(4,5)1(6)7/h10-11,14,16H,4-9,12-13H2,1-3H3,(H,20,23);(H,6,7). The van der Waals surface area contributed by atoms with Gasteiger partial charge in [-0.15, -0.1) is 0 Å². The predicted molar refractivity (Wildman–Crippen MR) is 106 cm³/mol. The average molecular weight is 448 g/mol. The lowest BCUT2D eigenvalue weighted by molar-refractivity contribution is -0.192. The van der Waals surface area contributed by atoms with Crippen molar-refractivity contribution in [3.8, 4) is 0 Å². The van der Waals surface area contributed by atoms with E-state index in [0.717, 1.165) is 51.9 Å². The number of amides is 1. The number of carboxylic acids is 1. The maximum Gasteiger partial charge on any atom is 0.490 e. The molecule has 176 valence electrons. The maximum atomic E-state index is 12.1. The molecule has 0 bridgehead atoms. The van der Waals surface area contributed by atoms with E-state index in [1.54, 1.807) is 0 Å². The summed E-state index contributed by atoms with van der Waals surface area (Å²) in [7, 11) is 1.96. The summed E-state index contributed by atoms with van der Waals surface area (Å²) in [5.74, 6) is -2.71. The first kappa shape index (κ1) is 25.1. The van der Waals surface area contributed by atoms with Crippen LogP contribution in [0.1, 0.15) is 45.1 Å². The van der Waals surface area contributed by atoms with Gasteiger partial charge in [-0.3, -0.25) is 14.4 Å². The summed E-state index contributed by atoms with van der Waals surface area (Å²) in [5, 5.41) is 14.3. The average Bonchev–Trinajstić information content (AvgIpc) is 3.08. The number of rotatable bonds is 4. The number of nitrogens with one attached hydrogen (secondary N) is 1. The fraction of sp³-hybridized carbons (Fsp3) is 0.750. The SMILES string of the molecule is CC(C)NC(=O)C1CCC2(CCN(Cc3cnn(C)c3)CC2)CO1.O=C(O)C(F)(F)F. The summed E-state index contributed by atoms with van der Waals surface area (Å²) in [6.45, 7) is 7.87. The number of alkyl halides is 3. The van der Waals surface area contributed by atoms with E-state index in [0.29, 0.717) is 0 Å². The Morgan fingerprint density at radius 2 is 1.94 bits per heavy atom. The van der Waals surface area contributed by atoms with Gasteiger partial charge in [-0.05, 0) is 58.0 Å². The van der Waals surface area contributed by atoms with Crippen LogP contribution in [0.15, 0.2) is 12.4 Å². The van der Waals surface area contributed by atoms with Gasteiger partial charge in [0.05, 0.1) is 12.8 Å². The summed E-state index contributed by atoms with van der Waals surface area (Å²) in [4.78, 5) is 23.5. The Labute approximate surface area is 179 Å². The molecule has 8 nitrogen and oxygen atoms in total. The van der Waals surface area contributed by atoms with Crippen molar-refractivity contribution in [1.82, 2.24) is 20.0 Å². The molecular formula is C20H31F3N4O4. The highest BCUT2D eigenvalue weighted by atomic mass is 19.4. The van der Waals surface area contributed by atoms with Gasteiger partial charge in [0.2, 0.25) is 5.91 Å². The molecule has 0 radical (unpaired) electrons. The van der Waals surface area contributed by atoms with Gasteiger partial charge in [0.25, 0.3) is 0 Å². The van der Waals surface area contributed by atoms with Gasteiger partial charge >= 0.3 is 12.1 Å². The monoisotopic (exact) mass is 448 g/mol. The van der Waals surface area contributed by atoms with Crippen molar-refractivity contribution in [3.05, 3.63) is 18.0 Å². The lowest BCUT2D eigenvalue weighted by Crippen LogP contribution is -2.49. The Hall–Kier alpha value is -2.14. The minimum absolute atomic E-state index is 0.0499. The molecule has 1 spiro atoms. The Kier molecular flexibility index (Phi) is 8.47. The lowest BCUT2D eigenvalue weighted by Gasteiger charge is -2.45. The van der Waals surface area contributed by atoms with Gasteiger partial charge in [-0.1, -0.05) is 0 Å². The van der Waals surface area contributed by atoms with Crippen LogP contribution in [-0.2, 0) is 27.9 Å². The van der Waals surface area contributed by atoms with Crippen LogP contribution in [0.4, 0.5) is 13.2 Å². The quantitative estimate of drug-likeness (QED) is 0.734. The minimum atomic E-state index is -5.08. The number of ether oxygens (including phenoxy) is 1. The highest BCUT2D eigenvalue weighted by Gasteiger charge is 2.40. The molecule has 3 rings (SSSR count). The van der Waals surface area contributed by atoms with E-state index in [-0.39, 0.29) is 23.5 Å². The Morgan fingerprint density at radius 1 is 1.32 bits per heavy atom. The van der Waals surface area contributed by atoms with Crippen molar-refractivity contribution in [3.63, 3.8) is 0 Å². The van der Waals surface area contributed by atoms with Crippen LogP contribution in [0.5, 0.6) is 0 Å². The third-order valence-corrected chi connectivity index (χ3v) is 5.57. The fourth-order valence-electron chi connectivity index (χ4n) is 3.85. The number of carbonyl (C=O) groups is 2. The molecule has 0 saturated carbocycles. The summed E-state index contributed by atoms with van der Waals surface area (Å²) >= 11 is 0.